The molecule has 0 radical (unpaired) electrons. The van der Waals surface area contributed by atoms with Crippen molar-refractivity contribution in [3.05, 3.63) is 48.3 Å². The monoisotopic (exact) mass is 214 g/mol. The van der Waals surface area contributed by atoms with Gasteiger partial charge in [-0.1, -0.05) is 30.3 Å². The summed E-state index contributed by atoms with van der Waals surface area (Å²) in [5.74, 6) is 1.63. The molecule has 2 rings (SSSR count). The Hall–Kier alpha value is -2.10. The van der Waals surface area contributed by atoms with Crippen molar-refractivity contribution in [1.82, 2.24) is 9.97 Å². The average Bonchev–Trinajstić information content (AvgIpc) is 2.38. The highest BCUT2D eigenvalue weighted by molar-refractivity contribution is 5.46. The van der Waals surface area contributed by atoms with E-state index in [9.17, 15) is 0 Å². The van der Waals surface area contributed by atoms with Crippen LogP contribution in [-0.2, 0) is 6.54 Å². The highest BCUT2D eigenvalue weighted by atomic mass is 15.0. The number of hydrogen-bond donors (Lipinski definition) is 2. The molecule has 0 spiro atoms. The molecule has 82 valence electrons. The standard InChI is InChI=1S/C12H14N4/c1-13-11-7-12(16-9-15-11)14-8-10-5-3-2-4-6-10/h2-7,9H,8H2,1H3,(H2,13,14,15,16). The Morgan fingerprint density at radius 2 is 1.81 bits per heavy atom. The van der Waals surface area contributed by atoms with Crippen LogP contribution >= 0.6 is 0 Å². The van der Waals surface area contributed by atoms with Gasteiger partial charge in [-0.25, -0.2) is 9.97 Å². The van der Waals surface area contributed by atoms with Gasteiger partial charge >= 0.3 is 0 Å². The van der Waals surface area contributed by atoms with Crippen molar-refractivity contribution in [2.45, 2.75) is 6.54 Å². The fourth-order valence-corrected chi connectivity index (χ4v) is 1.38. The first-order valence-corrected chi connectivity index (χ1v) is 5.16. The Morgan fingerprint density at radius 1 is 1.06 bits per heavy atom. The highest BCUT2D eigenvalue weighted by Gasteiger charge is 1.96. The number of rotatable bonds is 4. The molecule has 16 heavy (non-hydrogen) atoms. The van der Waals surface area contributed by atoms with Crippen molar-refractivity contribution in [2.75, 3.05) is 17.7 Å². The zero-order valence-electron chi connectivity index (χ0n) is 9.14. The van der Waals surface area contributed by atoms with Crippen LogP contribution in [0.1, 0.15) is 5.56 Å². The minimum atomic E-state index is 0.765. The zero-order chi connectivity index (χ0) is 11.2. The molecule has 0 aliphatic heterocycles. The Morgan fingerprint density at radius 3 is 2.56 bits per heavy atom. The number of aromatic nitrogens is 2. The minimum absolute atomic E-state index is 0.765. The van der Waals surface area contributed by atoms with Crippen LogP contribution in [-0.4, -0.2) is 17.0 Å². The Labute approximate surface area is 94.8 Å². The Bertz CT molecular complexity index is 442. The molecule has 0 atom stereocenters. The smallest absolute Gasteiger partial charge is 0.131 e. The van der Waals surface area contributed by atoms with E-state index in [1.807, 2.05) is 31.3 Å². The molecule has 4 nitrogen and oxygen atoms in total. The summed E-state index contributed by atoms with van der Waals surface area (Å²) < 4.78 is 0. The lowest BCUT2D eigenvalue weighted by molar-refractivity contribution is 1.08. The normalized spacial score (nSPS) is 9.81. The lowest BCUT2D eigenvalue weighted by Crippen LogP contribution is -2.02. The van der Waals surface area contributed by atoms with Gasteiger partial charge in [-0.15, -0.1) is 0 Å². The third-order valence-electron chi connectivity index (χ3n) is 2.24. The lowest BCUT2D eigenvalue weighted by Gasteiger charge is -2.06. The molecule has 0 saturated heterocycles. The van der Waals surface area contributed by atoms with Gasteiger partial charge in [-0.2, -0.15) is 0 Å². The van der Waals surface area contributed by atoms with Gasteiger partial charge in [0.15, 0.2) is 0 Å². The molecule has 1 heterocycles. The van der Waals surface area contributed by atoms with E-state index in [-0.39, 0.29) is 0 Å². The second-order valence-corrected chi connectivity index (χ2v) is 3.38. The first-order chi connectivity index (χ1) is 7.88. The van der Waals surface area contributed by atoms with Gasteiger partial charge in [0.25, 0.3) is 0 Å². The Kier molecular flexibility index (Phi) is 3.33. The van der Waals surface area contributed by atoms with Crippen molar-refractivity contribution >= 4 is 11.6 Å². The molecular weight excluding hydrogens is 200 g/mol. The molecular formula is C12H14N4. The van der Waals surface area contributed by atoms with E-state index >= 15 is 0 Å². The summed E-state index contributed by atoms with van der Waals surface area (Å²) in [7, 11) is 1.84. The van der Waals surface area contributed by atoms with Crippen LogP contribution in [0.2, 0.25) is 0 Å². The van der Waals surface area contributed by atoms with E-state index in [1.54, 1.807) is 6.33 Å². The largest absolute Gasteiger partial charge is 0.373 e. The molecule has 1 aromatic heterocycles. The van der Waals surface area contributed by atoms with E-state index < -0.39 is 0 Å². The molecule has 0 amide bonds. The number of nitrogens with one attached hydrogen (secondary N) is 2. The molecule has 0 bridgehead atoms. The molecule has 2 N–H and O–H groups in total. The van der Waals surface area contributed by atoms with Crippen molar-refractivity contribution in [3.8, 4) is 0 Å². The number of hydrogen-bond acceptors (Lipinski definition) is 4. The van der Waals surface area contributed by atoms with Crippen LogP contribution in [0.3, 0.4) is 0 Å². The SMILES string of the molecule is CNc1cc(NCc2ccccc2)ncn1. The second-order valence-electron chi connectivity index (χ2n) is 3.38. The zero-order valence-corrected chi connectivity index (χ0v) is 9.14. The molecule has 0 unspecified atom stereocenters. The summed E-state index contributed by atoms with van der Waals surface area (Å²) >= 11 is 0. The molecule has 0 aliphatic rings. The average molecular weight is 214 g/mol. The van der Waals surface area contributed by atoms with Crippen LogP contribution < -0.4 is 10.6 Å². The van der Waals surface area contributed by atoms with E-state index in [2.05, 4.69) is 32.7 Å². The van der Waals surface area contributed by atoms with Gasteiger partial charge in [-0.3, -0.25) is 0 Å². The van der Waals surface area contributed by atoms with E-state index in [4.69, 9.17) is 0 Å². The topological polar surface area (TPSA) is 49.8 Å². The van der Waals surface area contributed by atoms with Crippen LogP contribution in [0.5, 0.6) is 0 Å². The second kappa shape index (κ2) is 5.11. The third kappa shape index (κ3) is 2.70. The molecule has 0 fully saturated rings. The first kappa shape index (κ1) is 10.4. The summed E-state index contributed by atoms with van der Waals surface area (Å²) in [6, 6.07) is 12.1. The maximum atomic E-state index is 4.14. The number of benzene rings is 1. The number of nitrogens with zero attached hydrogens (tertiary/aromatic N) is 2. The number of anilines is 2. The van der Waals surface area contributed by atoms with Crippen molar-refractivity contribution < 1.29 is 0 Å². The predicted octanol–water partition coefficient (Wildman–Crippen LogP) is 2.13. The van der Waals surface area contributed by atoms with Crippen LogP contribution in [0.4, 0.5) is 11.6 Å². The van der Waals surface area contributed by atoms with Gasteiger partial charge in [-0.05, 0) is 5.56 Å². The molecule has 2 aromatic rings. The minimum Gasteiger partial charge on any atom is -0.373 e. The summed E-state index contributed by atoms with van der Waals surface area (Å²) in [5.41, 5.74) is 1.23. The molecule has 0 aliphatic carbocycles. The van der Waals surface area contributed by atoms with Gasteiger partial charge in [0.05, 0.1) is 0 Å². The maximum Gasteiger partial charge on any atom is 0.131 e. The third-order valence-corrected chi connectivity index (χ3v) is 2.24. The van der Waals surface area contributed by atoms with Crippen LogP contribution in [0.25, 0.3) is 0 Å². The maximum absolute atomic E-state index is 4.14. The molecule has 4 heteroatoms. The molecule has 1 aromatic carbocycles. The quantitative estimate of drug-likeness (QED) is 0.818. The summed E-state index contributed by atoms with van der Waals surface area (Å²) in [6.07, 6.45) is 1.54. The van der Waals surface area contributed by atoms with Gasteiger partial charge < -0.3 is 10.6 Å². The van der Waals surface area contributed by atoms with Crippen molar-refractivity contribution in [2.24, 2.45) is 0 Å². The van der Waals surface area contributed by atoms with Crippen molar-refractivity contribution in [3.63, 3.8) is 0 Å². The van der Waals surface area contributed by atoms with Crippen molar-refractivity contribution in [1.29, 1.82) is 0 Å². The van der Waals surface area contributed by atoms with Crippen LogP contribution in [0, 0.1) is 0 Å². The highest BCUT2D eigenvalue weighted by Crippen LogP contribution is 2.09. The van der Waals surface area contributed by atoms with E-state index in [0.717, 1.165) is 18.2 Å². The predicted molar refractivity (Wildman–Crippen MR) is 65.3 cm³/mol. The summed E-state index contributed by atoms with van der Waals surface area (Å²) in [4.78, 5) is 8.19. The molecule has 0 saturated carbocycles. The van der Waals surface area contributed by atoms with E-state index in [1.165, 1.54) is 5.56 Å². The van der Waals surface area contributed by atoms with Gasteiger partial charge in [0.2, 0.25) is 0 Å². The fourth-order valence-electron chi connectivity index (χ4n) is 1.38. The van der Waals surface area contributed by atoms with E-state index in [0.29, 0.717) is 0 Å². The fraction of sp³-hybridized carbons (Fsp3) is 0.167. The summed E-state index contributed by atoms with van der Waals surface area (Å²) in [5, 5.41) is 6.22. The Balaban J connectivity index is 1.99. The summed E-state index contributed by atoms with van der Waals surface area (Å²) in [6.45, 7) is 0.765. The lowest BCUT2D eigenvalue weighted by atomic mass is 10.2. The first-order valence-electron chi connectivity index (χ1n) is 5.16. The van der Waals surface area contributed by atoms with Gasteiger partial charge in [0, 0.05) is 19.7 Å². The van der Waals surface area contributed by atoms with Gasteiger partial charge in [0.1, 0.15) is 18.0 Å². The van der Waals surface area contributed by atoms with Crippen LogP contribution in [0.15, 0.2) is 42.7 Å².